The molecule has 0 radical (unpaired) electrons. The molecular formula is C25H39N3O3. The third-order valence-corrected chi connectivity index (χ3v) is 6.47. The predicted octanol–water partition coefficient (Wildman–Crippen LogP) is 3.62. The fourth-order valence-corrected chi connectivity index (χ4v) is 4.67. The predicted molar refractivity (Wildman–Crippen MR) is 126 cm³/mol. The van der Waals surface area contributed by atoms with E-state index in [1.807, 2.05) is 24.3 Å². The summed E-state index contributed by atoms with van der Waals surface area (Å²) in [7, 11) is 1.65. The van der Waals surface area contributed by atoms with Crippen molar-refractivity contribution in [2.75, 3.05) is 46.4 Å². The lowest BCUT2D eigenvalue weighted by Crippen LogP contribution is -2.54. The van der Waals surface area contributed by atoms with Crippen LogP contribution in [0.5, 0.6) is 5.75 Å². The van der Waals surface area contributed by atoms with Crippen LogP contribution in [0.25, 0.3) is 10.9 Å². The number of rotatable bonds is 12. The number of hydrogen-bond acceptors (Lipinski definition) is 6. The first kappa shape index (κ1) is 23.9. The number of hydrogen-bond donors (Lipinski definition) is 2. The van der Waals surface area contributed by atoms with Crippen LogP contribution in [0.2, 0.25) is 0 Å². The van der Waals surface area contributed by atoms with E-state index in [9.17, 15) is 10.2 Å². The molecule has 0 spiro atoms. The van der Waals surface area contributed by atoms with Crippen LogP contribution in [0.3, 0.4) is 0 Å². The summed E-state index contributed by atoms with van der Waals surface area (Å²) in [6.45, 7) is 6.98. The van der Waals surface area contributed by atoms with E-state index in [0.717, 1.165) is 54.8 Å². The first-order chi connectivity index (χ1) is 15.2. The van der Waals surface area contributed by atoms with Gasteiger partial charge in [-0.25, -0.2) is 0 Å². The van der Waals surface area contributed by atoms with Gasteiger partial charge in [0.15, 0.2) is 0 Å². The Morgan fingerprint density at radius 1 is 1.16 bits per heavy atom. The van der Waals surface area contributed by atoms with Crippen molar-refractivity contribution in [3.63, 3.8) is 0 Å². The van der Waals surface area contributed by atoms with Crippen molar-refractivity contribution < 1.29 is 14.9 Å². The monoisotopic (exact) mass is 429 g/mol. The Balaban J connectivity index is 1.61. The largest absolute Gasteiger partial charge is 0.497 e. The van der Waals surface area contributed by atoms with E-state index in [1.165, 1.54) is 32.1 Å². The van der Waals surface area contributed by atoms with Crippen molar-refractivity contribution in [3.8, 4) is 5.75 Å². The van der Waals surface area contributed by atoms with E-state index >= 15 is 0 Å². The highest BCUT2D eigenvalue weighted by Gasteiger charge is 2.28. The molecule has 2 heterocycles. The third-order valence-electron chi connectivity index (χ3n) is 6.47. The minimum absolute atomic E-state index is 0.210. The average molecular weight is 430 g/mol. The number of methoxy groups -OCH3 is 1. The summed E-state index contributed by atoms with van der Waals surface area (Å²) in [4.78, 5) is 9.30. The molecule has 6 nitrogen and oxygen atoms in total. The van der Waals surface area contributed by atoms with Gasteiger partial charge < -0.3 is 14.9 Å². The van der Waals surface area contributed by atoms with Crippen LogP contribution in [-0.2, 0) is 0 Å². The summed E-state index contributed by atoms with van der Waals surface area (Å²) in [5, 5.41) is 21.6. The smallest absolute Gasteiger partial charge is 0.119 e. The van der Waals surface area contributed by atoms with Gasteiger partial charge in [-0.2, -0.15) is 0 Å². The van der Waals surface area contributed by atoms with E-state index in [4.69, 9.17) is 4.74 Å². The number of aromatic nitrogens is 1. The minimum Gasteiger partial charge on any atom is -0.497 e. The molecule has 31 heavy (non-hydrogen) atoms. The van der Waals surface area contributed by atoms with Gasteiger partial charge in [0.25, 0.3) is 0 Å². The van der Waals surface area contributed by atoms with Crippen LogP contribution in [0, 0.1) is 0 Å². The Bertz CT molecular complexity index is 801. The Kier molecular flexibility index (Phi) is 9.53. The summed E-state index contributed by atoms with van der Waals surface area (Å²) < 4.78 is 5.36. The van der Waals surface area contributed by atoms with Crippen molar-refractivity contribution in [2.45, 2.75) is 57.6 Å². The van der Waals surface area contributed by atoms with E-state index < -0.39 is 6.10 Å². The Morgan fingerprint density at radius 3 is 2.77 bits per heavy atom. The number of nitrogens with zero attached hydrogens (tertiary/aromatic N) is 3. The summed E-state index contributed by atoms with van der Waals surface area (Å²) >= 11 is 0. The SMILES string of the molecule is CCCCCCCN1CCN(CC(O)c2ccnc3ccc(OC)cc23)C[C@H]1CCO. The van der Waals surface area contributed by atoms with E-state index in [-0.39, 0.29) is 6.61 Å². The molecule has 6 heteroatoms. The van der Waals surface area contributed by atoms with Crippen LogP contribution in [0.15, 0.2) is 30.5 Å². The Hall–Kier alpha value is -1.73. The summed E-state index contributed by atoms with van der Waals surface area (Å²) in [6, 6.07) is 8.04. The minimum atomic E-state index is -0.590. The van der Waals surface area contributed by atoms with Crippen molar-refractivity contribution in [2.24, 2.45) is 0 Å². The zero-order valence-electron chi connectivity index (χ0n) is 19.2. The zero-order chi connectivity index (χ0) is 22.1. The lowest BCUT2D eigenvalue weighted by molar-refractivity contribution is 0.0302. The van der Waals surface area contributed by atoms with Crippen LogP contribution in [0.4, 0.5) is 0 Å². The van der Waals surface area contributed by atoms with Crippen LogP contribution >= 0.6 is 0 Å². The molecule has 0 aliphatic carbocycles. The Labute approximate surface area is 186 Å². The molecule has 1 saturated heterocycles. The number of β-amino-alcohol motifs (C(OH)–C–C–N with tert-alkyl or cyclic N) is 1. The zero-order valence-corrected chi connectivity index (χ0v) is 19.2. The maximum Gasteiger partial charge on any atom is 0.119 e. The third kappa shape index (κ3) is 6.62. The molecule has 0 saturated carbocycles. The summed E-state index contributed by atoms with van der Waals surface area (Å²) in [5.41, 5.74) is 1.75. The molecule has 1 aliphatic heterocycles. The highest BCUT2D eigenvalue weighted by molar-refractivity contribution is 5.83. The molecule has 0 amide bonds. The van der Waals surface area contributed by atoms with Gasteiger partial charge in [0.05, 0.1) is 18.7 Å². The first-order valence-electron chi connectivity index (χ1n) is 11.8. The van der Waals surface area contributed by atoms with Crippen molar-refractivity contribution in [3.05, 3.63) is 36.0 Å². The second kappa shape index (κ2) is 12.3. The molecule has 1 aromatic carbocycles. The average Bonchev–Trinajstić information content (AvgIpc) is 2.79. The molecule has 1 unspecified atom stereocenters. The van der Waals surface area contributed by atoms with Crippen LogP contribution < -0.4 is 4.74 Å². The molecule has 0 bridgehead atoms. The van der Waals surface area contributed by atoms with Crippen molar-refractivity contribution in [1.29, 1.82) is 0 Å². The van der Waals surface area contributed by atoms with Crippen molar-refractivity contribution in [1.82, 2.24) is 14.8 Å². The number of benzene rings is 1. The fraction of sp³-hybridized carbons (Fsp3) is 0.640. The van der Waals surface area contributed by atoms with Crippen LogP contribution in [-0.4, -0.2) is 77.5 Å². The summed E-state index contributed by atoms with van der Waals surface area (Å²) in [6.07, 6.45) is 8.39. The highest BCUT2D eigenvalue weighted by atomic mass is 16.5. The number of aliphatic hydroxyl groups excluding tert-OH is 2. The number of pyridine rings is 1. The molecule has 1 aliphatic rings. The van der Waals surface area contributed by atoms with E-state index in [1.54, 1.807) is 13.3 Å². The number of unbranched alkanes of at least 4 members (excludes halogenated alkanes) is 4. The van der Waals surface area contributed by atoms with Gasteiger partial charge in [-0.3, -0.25) is 14.8 Å². The van der Waals surface area contributed by atoms with Gasteiger partial charge in [-0.1, -0.05) is 32.6 Å². The quantitative estimate of drug-likeness (QED) is 0.502. The first-order valence-corrected chi connectivity index (χ1v) is 11.8. The Morgan fingerprint density at radius 2 is 2.00 bits per heavy atom. The second-order valence-corrected chi connectivity index (χ2v) is 8.67. The normalized spacial score (nSPS) is 19.0. The highest BCUT2D eigenvalue weighted by Crippen LogP contribution is 2.28. The summed E-state index contributed by atoms with van der Waals surface area (Å²) in [5.74, 6) is 0.768. The van der Waals surface area contributed by atoms with E-state index in [2.05, 4.69) is 21.7 Å². The van der Waals surface area contributed by atoms with Gasteiger partial charge >= 0.3 is 0 Å². The molecule has 1 fully saturated rings. The standard InChI is InChI=1S/C25H39N3O3/c1-3-4-5-6-7-13-28-15-14-27(18-20(28)11-16-29)19-25(30)22-10-12-26-24-9-8-21(31-2)17-23(22)24/h8-10,12,17,20,25,29-30H,3-7,11,13-16,18-19H2,1-2H3/t20-,25?/m1/s1. The maximum atomic E-state index is 11.1. The number of ether oxygens (including phenoxy) is 1. The molecule has 2 N–H and O–H groups in total. The van der Waals surface area contributed by atoms with E-state index in [0.29, 0.717) is 12.6 Å². The second-order valence-electron chi connectivity index (χ2n) is 8.67. The topological polar surface area (TPSA) is 69.1 Å². The lowest BCUT2D eigenvalue weighted by Gasteiger charge is -2.42. The van der Waals surface area contributed by atoms with Gasteiger partial charge in [0.1, 0.15) is 5.75 Å². The van der Waals surface area contributed by atoms with Gasteiger partial charge in [0.2, 0.25) is 0 Å². The molecule has 2 atom stereocenters. The molecule has 1 aromatic heterocycles. The molecular weight excluding hydrogens is 390 g/mol. The van der Waals surface area contributed by atoms with Crippen molar-refractivity contribution >= 4 is 10.9 Å². The molecule has 172 valence electrons. The van der Waals surface area contributed by atoms with Gasteiger partial charge in [-0.05, 0) is 49.2 Å². The van der Waals surface area contributed by atoms with Gasteiger partial charge in [0, 0.05) is 50.4 Å². The number of fused-ring (bicyclic) bond motifs is 1. The molecule has 2 aromatic rings. The number of aliphatic hydroxyl groups is 2. The van der Waals surface area contributed by atoms with Gasteiger partial charge in [-0.15, -0.1) is 0 Å². The lowest BCUT2D eigenvalue weighted by atomic mass is 10.0. The number of piperazine rings is 1. The van der Waals surface area contributed by atoms with Crippen LogP contribution in [0.1, 0.15) is 57.1 Å². The fourth-order valence-electron chi connectivity index (χ4n) is 4.67. The maximum absolute atomic E-state index is 11.1. The molecule has 3 rings (SSSR count).